The van der Waals surface area contributed by atoms with E-state index in [-0.39, 0.29) is 6.61 Å². The predicted octanol–water partition coefficient (Wildman–Crippen LogP) is 1.55. The lowest BCUT2D eigenvalue weighted by atomic mass is 10.2. The van der Waals surface area contributed by atoms with Crippen LogP contribution in [-0.2, 0) is 19.4 Å². The molecule has 0 unspecified atom stereocenters. The first kappa shape index (κ1) is 9.02. The van der Waals surface area contributed by atoms with E-state index in [9.17, 15) is 0 Å². The largest absolute Gasteiger partial charge is 0.469 e. The van der Waals surface area contributed by atoms with Crippen molar-refractivity contribution in [1.82, 2.24) is 4.98 Å². The van der Waals surface area contributed by atoms with Crippen LogP contribution in [0.5, 0.6) is 0 Å². The van der Waals surface area contributed by atoms with Crippen molar-refractivity contribution >= 4 is 0 Å². The highest BCUT2D eigenvalue weighted by Crippen LogP contribution is 2.11. The molecule has 0 aliphatic rings. The average molecular weight is 193 g/mol. The minimum absolute atomic E-state index is 0.0794. The zero-order valence-electron chi connectivity index (χ0n) is 7.64. The van der Waals surface area contributed by atoms with E-state index < -0.39 is 0 Å². The van der Waals surface area contributed by atoms with Gasteiger partial charge in [0.1, 0.15) is 17.2 Å². The lowest BCUT2D eigenvalue weighted by Gasteiger charge is -1.96. The molecule has 0 fully saturated rings. The Morgan fingerprint density at radius 3 is 2.93 bits per heavy atom. The molecule has 0 radical (unpaired) electrons. The first-order valence-corrected chi connectivity index (χ1v) is 4.44. The Hall–Kier alpha value is -1.55. The van der Waals surface area contributed by atoms with Crippen LogP contribution in [0.3, 0.4) is 0 Å². The quantitative estimate of drug-likeness (QED) is 0.800. The molecule has 0 atom stereocenters. The van der Waals surface area contributed by atoms with E-state index in [1.54, 1.807) is 6.26 Å². The molecule has 2 aromatic heterocycles. The third kappa shape index (κ3) is 1.85. The van der Waals surface area contributed by atoms with Gasteiger partial charge in [0.05, 0.1) is 12.9 Å². The van der Waals surface area contributed by atoms with E-state index in [2.05, 4.69) is 4.98 Å². The summed E-state index contributed by atoms with van der Waals surface area (Å²) in [7, 11) is 0. The van der Waals surface area contributed by atoms with Gasteiger partial charge in [-0.3, -0.25) is 0 Å². The summed E-state index contributed by atoms with van der Waals surface area (Å²) in [5, 5.41) is 8.92. The van der Waals surface area contributed by atoms with Gasteiger partial charge in [0.15, 0.2) is 6.39 Å². The number of aromatic nitrogens is 1. The van der Waals surface area contributed by atoms with Crippen LogP contribution < -0.4 is 0 Å². The van der Waals surface area contributed by atoms with Gasteiger partial charge in [0.2, 0.25) is 0 Å². The van der Waals surface area contributed by atoms with E-state index >= 15 is 0 Å². The van der Waals surface area contributed by atoms with Gasteiger partial charge in [-0.05, 0) is 12.1 Å². The SMILES string of the molecule is OCc1ncoc1CCc1ccco1. The van der Waals surface area contributed by atoms with Crippen molar-refractivity contribution in [2.24, 2.45) is 0 Å². The van der Waals surface area contributed by atoms with Gasteiger partial charge in [-0.25, -0.2) is 4.98 Å². The number of rotatable bonds is 4. The van der Waals surface area contributed by atoms with Gasteiger partial charge in [0, 0.05) is 12.8 Å². The lowest BCUT2D eigenvalue weighted by molar-refractivity contribution is 0.274. The molecule has 0 bridgehead atoms. The van der Waals surface area contributed by atoms with Gasteiger partial charge in [0.25, 0.3) is 0 Å². The zero-order chi connectivity index (χ0) is 9.80. The zero-order valence-corrected chi connectivity index (χ0v) is 7.64. The van der Waals surface area contributed by atoms with Crippen LogP contribution in [-0.4, -0.2) is 10.1 Å². The highest BCUT2D eigenvalue weighted by atomic mass is 16.3. The molecule has 0 saturated carbocycles. The molecule has 0 aliphatic carbocycles. The summed E-state index contributed by atoms with van der Waals surface area (Å²) in [6, 6.07) is 3.76. The fourth-order valence-electron chi connectivity index (χ4n) is 1.32. The molecule has 4 nitrogen and oxygen atoms in total. The number of hydrogen-bond donors (Lipinski definition) is 1. The molecule has 0 aliphatic heterocycles. The van der Waals surface area contributed by atoms with Crippen LogP contribution in [0, 0.1) is 0 Å². The Kier molecular flexibility index (Phi) is 2.65. The van der Waals surface area contributed by atoms with Crippen molar-refractivity contribution in [2.75, 3.05) is 0 Å². The van der Waals surface area contributed by atoms with Crippen molar-refractivity contribution < 1.29 is 13.9 Å². The van der Waals surface area contributed by atoms with Crippen LogP contribution in [0.2, 0.25) is 0 Å². The third-order valence-electron chi connectivity index (χ3n) is 2.05. The normalized spacial score (nSPS) is 10.6. The minimum Gasteiger partial charge on any atom is -0.469 e. The van der Waals surface area contributed by atoms with Gasteiger partial charge in [-0.2, -0.15) is 0 Å². The summed E-state index contributed by atoms with van der Waals surface area (Å²) >= 11 is 0. The smallest absolute Gasteiger partial charge is 0.181 e. The molecule has 0 saturated heterocycles. The Balaban J connectivity index is 1.98. The molecule has 0 spiro atoms. The van der Waals surface area contributed by atoms with Crippen LogP contribution >= 0.6 is 0 Å². The average Bonchev–Trinajstić information content (AvgIpc) is 2.85. The number of oxazole rings is 1. The highest BCUT2D eigenvalue weighted by Gasteiger charge is 2.07. The summed E-state index contributed by atoms with van der Waals surface area (Å²) < 4.78 is 10.3. The molecular weight excluding hydrogens is 182 g/mol. The molecule has 74 valence electrons. The second-order valence-electron chi connectivity index (χ2n) is 2.96. The standard InChI is InChI=1S/C10H11NO3/c12-6-9-10(14-7-11-9)4-3-8-2-1-5-13-8/h1-2,5,7,12H,3-4,6H2. The third-order valence-corrected chi connectivity index (χ3v) is 2.05. The Labute approximate surface area is 81.2 Å². The molecule has 0 amide bonds. The maximum absolute atomic E-state index is 8.92. The molecule has 2 rings (SSSR count). The van der Waals surface area contributed by atoms with Crippen LogP contribution in [0.25, 0.3) is 0 Å². The summed E-state index contributed by atoms with van der Waals surface area (Å²) in [6.07, 6.45) is 4.45. The maximum Gasteiger partial charge on any atom is 0.181 e. The van der Waals surface area contributed by atoms with Gasteiger partial charge < -0.3 is 13.9 Å². The molecule has 1 N–H and O–H groups in total. The second-order valence-corrected chi connectivity index (χ2v) is 2.96. The summed E-state index contributed by atoms with van der Waals surface area (Å²) in [5.41, 5.74) is 0.608. The van der Waals surface area contributed by atoms with Crippen LogP contribution in [0.15, 0.2) is 33.6 Å². The number of aliphatic hydroxyl groups excluding tert-OH is 1. The number of furan rings is 1. The van der Waals surface area contributed by atoms with Crippen molar-refractivity contribution in [1.29, 1.82) is 0 Å². The molecule has 14 heavy (non-hydrogen) atoms. The molecule has 0 aromatic carbocycles. The first-order valence-electron chi connectivity index (χ1n) is 4.44. The number of aliphatic hydroxyl groups is 1. The second kappa shape index (κ2) is 4.11. The fourth-order valence-corrected chi connectivity index (χ4v) is 1.32. The molecule has 2 heterocycles. The Morgan fingerprint density at radius 1 is 1.29 bits per heavy atom. The monoisotopic (exact) mass is 193 g/mol. The lowest BCUT2D eigenvalue weighted by Crippen LogP contribution is -1.93. The predicted molar refractivity (Wildman–Crippen MR) is 48.5 cm³/mol. The van der Waals surface area contributed by atoms with E-state index in [4.69, 9.17) is 13.9 Å². The number of hydrogen-bond acceptors (Lipinski definition) is 4. The summed E-state index contributed by atoms with van der Waals surface area (Å²) in [4.78, 5) is 3.89. The highest BCUT2D eigenvalue weighted by molar-refractivity contribution is 5.08. The first-order chi connectivity index (χ1) is 6.90. The molecule has 2 aromatic rings. The van der Waals surface area contributed by atoms with Crippen LogP contribution in [0.1, 0.15) is 17.2 Å². The summed E-state index contributed by atoms with van der Waals surface area (Å²) in [6.45, 7) is -0.0794. The van der Waals surface area contributed by atoms with Crippen LogP contribution in [0.4, 0.5) is 0 Å². The molecule has 4 heteroatoms. The van der Waals surface area contributed by atoms with Crippen molar-refractivity contribution in [3.05, 3.63) is 42.0 Å². The van der Waals surface area contributed by atoms with E-state index in [0.29, 0.717) is 12.1 Å². The maximum atomic E-state index is 8.92. The Morgan fingerprint density at radius 2 is 2.21 bits per heavy atom. The topological polar surface area (TPSA) is 59.4 Å². The van der Waals surface area contributed by atoms with Gasteiger partial charge in [-0.15, -0.1) is 0 Å². The fraction of sp³-hybridized carbons (Fsp3) is 0.300. The Bertz CT molecular complexity index is 378. The summed E-state index contributed by atoms with van der Waals surface area (Å²) in [5.74, 6) is 1.63. The number of nitrogens with zero attached hydrogens (tertiary/aromatic N) is 1. The van der Waals surface area contributed by atoms with Crippen molar-refractivity contribution in [3.63, 3.8) is 0 Å². The van der Waals surface area contributed by atoms with E-state index in [1.165, 1.54) is 6.39 Å². The number of aryl methyl sites for hydroxylation is 2. The molecular formula is C10H11NO3. The van der Waals surface area contributed by atoms with E-state index in [0.717, 1.165) is 17.9 Å². The minimum atomic E-state index is -0.0794. The van der Waals surface area contributed by atoms with Gasteiger partial charge in [-0.1, -0.05) is 0 Å². The van der Waals surface area contributed by atoms with Crippen molar-refractivity contribution in [3.8, 4) is 0 Å². The van der Waals surface area contributed by atoms with Gasteiger partial charge >= 0.3 is 0 Å². The van der Waals surface area contributed by atoms with Crippen molar-refractivity contribution in [2.45, 2.75) is 19.4 Å². The van der Waals surface area contributed by atoms with E-state index in [1.807, 2.05) is 12.1 Å².